The van der Waals surface area contributed by atoms with E-state index in [0.717, 1.165) is 103 Å². The molecule has 0 aromatic rings. The van der Waals surface area contributed by atoms with Gasteiger partial charge in [-0.2, -0.15) is 0 Å². The highest BCUT2D eigenvalue weighted by molar-refractivity contribution is 7.45. The van der Waals surface area contributed by atoms with Crippen LogP contribution < -0.4 is 10.2 Å². The van der Waals surface area contributed by atoms with E-state index in [1.165, 1.54) is 128 Å². The molecule has 0 rings (SSSR count). The van der Waals surface area contributed by atoms with Crippen molar-refractivity contribution in [1.29, 1.82) is 0 Å². The summed E-state index contributed by atoms with van der Waals surface area (Å²) in [4.78, 5) is 25.5. The molecule has 0 heterocycles. The smallest absolute Gasteiger partial charge is 0.268 e. The summed E-state index contributed by atoms with van der Waals surface area (Å²) in [7, 11) is 1.25. The van der Waals surface area contributed by atoms with Crippen LogP contribution in [0, 0.1) is 0 Å². The number of carbonyl (C=O) groups is 1. The number of allylic oxidation sites excluding steroid dienone is 19. The van der Waals surface area contributed by atoms with E-state index in [1.807, 2.05) is 27.2 Å². The molecule has 442 valence electrons. The molecular weight excluding hydrogens is 972 g/mol. The molecule has 9 heteroatoms. The van der Waals surface area contributed by atoms with Crippen molar-refractivity contribution in [3.63, 3.8) is 0 Å². The van der Waals surface area contributed by atoms with Gasteiger partial charge in [-0.25, -0.2) is 0 Å². The third-order valence-corrected chi connectivity index (χ3v) is 14.4. The number of nitrogens with one attached hydrogen (secondary N) is 1. The van der Waals surface area contributed by atoms with Crippen molar-refractivity contribution in [1.82, 2.24) is 5.32 Å². The van der Waals surface area contributed by atoms with E-state index in [2.05, 4.69) is 129 Å². The fourth-order valence-electron chi connectivity index (χ4n) is 8.56. The number of nitrogens with zero attached hydrogens (tertiary/aromatic N) is 1. The molecular formula is C68H119N2O6P. The van der Waals surface area contributed by atoms with E-state index in [4.69, 9.17) is 9.05 Å². The van der Waals surface area contributed by atoms with E-state index in [9.17, 15) is 19.4 Å². The highest BCUT2D eigenvalue weighted by Crippen LogP contribution is 2.38. The number of phosphoric acid groups is 1. The molecule has 3 atom stereocenters. The van der Waals surface area contributed by atoms with Crippen molar-refractivity contribution in [2.45, 2.75) is 264 Å². The van der Waals surface area contributed by atoms with E-state index in [1.54, 1.807) is 6.08 Å². The predicted molar refractivity (Wildman–Crippen MR) is 334 cm³/mol. The van der Waals surface area contributed by atoms with Crippen LogP contribution in [0.15, 0.2) is 122 Å². The molecule has 2 N–H and O–H groups in total. The first-order chi connectivity index (χ1) is 37.5. The molecule has 1 amide bonds. The summed E-state index contributed by atoms with van der Waals surface area (Å²) in [6.07, 6.45) is 85.7. The second kappa shape index (κ2) is 57.6. The number of carbonyl (C=O) groups excluding carboxylic acids is 1. The molecule has 0 radical (unpaired) electrons. The highest BCUT2D eigenvalue weighted by Gasteiger charge is 2.23. The summed E-state index contributed by atoms with van der Waals surface area (Å²) in [5, 5.41) is 13.9. The van der Waals surface area contributed by atoms with Crippen LogP contribution in [-0.4, -0.2) is 68.5 Å². The quantitative estimate of drug-likeness (QED) is 0.0272. The van der Waals surface area contributed by atoms with Gasteiger partial charge in [-0.3, -0.25) is 9.36 Å². The Balaban J connectivity index is 4.10. The third-order valence-electron chi connectivity index (χ3n) is 13.4. The Bertz CT molecular complexity index is 1670. The number of aliphatic hydroxyl groups is 1. The third kappa shape index (κ3) is 60.4. The summed E-state index contributed by atoms with van der Waals surface area (Å²) >= 11 is 0. The molecule has 0 aromatic carbocycles. The second-order valence-electron chi connectivity index (χ2n) is 22.0. The Kier molecular flexibility index (Phi) is 55.3. The van der Waals surface area contributed by atoms with Gasteiger partial charge >= 0.3 is 0 Å². The maximum atomic E-state index is 13.0. The van der Waals surface area contributed by atoms with Crippen LogP contribution in [0.4, 0.5) is 0 Å². The van der Waals surface area contributed by atoms with E-state index < -0.39 is 20.0 Å². The maximum absolute atomic E-state index is 13.0. The van der Waals surface area contributed by atoms with Crippen molar-refractivity contribution in [3.05, 3.63) is 122 Å². The van der Waals surface area contributed by atoms with Crippen molar-refractivity contribution in [3.8, 4) is 0 Å². The Morgan fingerprint density at radius 1 is 0.468 bits per heavy atom. The van der Waals surface area contributed by atoms with Crippen molar-refractivity contribution in [2.24, 2.45) is 0 Å². The summed E-state index contributed by atoms with van der Waals surface area (Å²) in [6.45, 7) is 4.53. The predicted octanol–water partition coefficient (Wildman–Crippen LogP) is 19.1. The lowest BCUT2D eigenvalue weighted by atomic mass is 10.0. The van der Waals surface area contributed by atoms with Crippen LogP contribution >= 0.6 is 7.82 Å². The second-order valence-corrected chi connectivity index (χ2v) is 23.4. The van der Waals surface area contributed by atoms with E-state index in [0.29, 0.717) is 17.4 Å². The lowest BCUT2D eigenvalue weighted by Crippen LogP contribution is -2.45. The van der Waals surface area contributed by atoms with Crippen LogP contribution in [-0.2, 0) is 18.4 Å². The molecule has 0 aliphatic carbocycles. The summed E-state index contributed by atoms with van der Waals surface area (Å²) < 4.78 is 23.4. The van der Waals surface area contributed by atoms with Crippen molar-refractivity contribution >= 4 is 13.7 Å². The zero-order valence-corrected chi connectivity index (χ0v) is 51.3. The van der Waals surface area contributed by atoms with Gasteiger partial charge in [0, 0.05) is 6.42 Å². The van der Waals surface area contributed by atoms with Crippen LogP contribution in [0.25, 0.3) is 0 Å². The van der Waals surface area contributed by atoms with Crippen LogP contribution in [0.1, 0.15) is 251 Å². The standard InChI is InChI=1S/C68H119N2O6P/c1-6-8-10-12-14-16-18-20-22-24-25-26-27-28-29-30-31-32-33-34-35-36-37-38-39-40-41-42-43-44-45-46-48-50-52-54-56-58-60-62-68(72)69-66(65-76-77(73,74)75-64-63-70(3,4)5)67(71)61-59-57-55-53-51-49-47-23-21-19-17-15-13-11-9-7-2/h8,10,14,16,20,22,25-26,28-29,31-32,34-35,37-38,40-41,59,61,66-67,71H,6-7,9,11-13,15,17-19,21,23-24,27,30,33,36,39,42-58,60,62-65H2,1-5H3,(H-,69,72,73,74)/b10-8-,16-14-,22-20-,26-25-,29-28-,32-31-,35-34-,38-37-,41-40-,61-59+. The molecule has 3 unspecified atom stereocenters. The minimum Gasteiger partial charge on any atom is -0.756 e. The van der Waals surface area contributed by atoms with Crippen LogP contribution in [0.2, 0.25) is 0 Å². The first-order valence-electron chi connectivity index (χ1n) is 31.4. The molecule has 0 saturated heterocycles. The number of amides is 1. The molecule has 0 aliphatic heterocycles. The van der Waals surface area contributed by atoms with Gasteiger partial charge in [0.15, 0.2) is 0 Å². The van der Waals surface area contributed by atoms with Crippen LogP contribution in [0.5, 0.6) is 0 Å². The minimum absolute atomic E-state index is 0.00619. The number of quaternary nitrogens is 1. The Labute approximate surface area is 475 Å². The monoisotopic (exact) mass is 1090 g/mol. The number of hydrogen-bond acceptors (Lipinski definition) is 6. The first kappa shape index (κ1) is 73.9. The molecule has 0 aliphatic rings. The molecule has 0 aromatic heterocycles. The van der Waals surface area contributed by atoms with Crippen molar-refractivity contribution < 1.29 is 32.9 Å². The average Bonchev–Trinajstić information content (AvgIpc) is 3.39. The summed E-state index contributed by atoms with van der Waals surface area (Å²) in [5.74, 6) is -0.204. The lowest BCUT2D eigenvalue weighted by Gasteiger charge is -2.29. The molecule has 8 nitrogen and oxygen atoms in total. The van der Waals surface area contributed by atoms with Gasteiger partial charge in [-0.05, 0) is 89.9 Å². The van der Waals surface area contributed by atoms with Gasteiger partial charge in [0.1, 0.15) is 13.2 Å². The van der Waals surface area contributed by atoms with E-state index in [-0.39, 0.29) is 19.1 Å². The number of phosphoric ester groups is 1. The van der Waals surface area contributed by atoms with Gasteiger partial charge < -0.3 is 28.8 Å². The molecule has 77 heavy (non-hydrogen) atoms. The van der Waals surface area contributed by atoms with Crippen molar-refractivity contribution in [2.75, 3.05) is 40.9 Å². The minimum atomic E-state index is -4.60. The number of hydrogen-bond donors (Lipinski definition) is 2. The largest absolute Gasteiger partial charge is 0.756 e. The first-order valence-corrected chi connectivity index (χ1v) is 32.9. The lowest BCUT2D eigenvalue weighted by molar-refractivity contribution is -0.870. The Hall–Kier alpha value is -3.10. The number of likely N-dealkylation sites (N-methyl/N-ethyl adjacent to an activating group) is 1. The maximum Gasteiger partial charge on any atom is 0.268 e. The highest BCUT2D eigenvalue weighted by atomic mass is 31.2. The average molecular weight is 1090 g/mol. The SMILES string of the molecule is CC/C=C\C/C=C\C/C=C\C/C=C\C/C=C\C/C=C\C/C=C\C/C=C\C/C=C\CCCCCCCCCCCCCC(=O)NC(COP(=O)([O-])OCC[N+](C)(C)C)C(O)/C=C/CCCCCCCCCCCCCCCC. The fraction of sp³-hybridized carbons (Fsp3) is 0.691. The van der Waals surface area contributed by atoms with Crippen LogP contribution in [0.3, 0.4) is 0 Å². The van der Waals surface area contributed by atoms with Gasteiger partial charge in [0.25, 0.3) is 7.82 Å². The Morgan fingerprint density at radius 2 is 0.792 bits per heavy atom. The van der Waals surface area contributed by atoms with Gasteiger partial charge in [-0.1, -0.05) is 277 Å². The number of rotatable bonds is 56. The molecule has 0 fully saturated rings. The molecule has 0 saturated carbocycles. The zero-order chi connectivity index (χ0) is 56.3. The zero-order valence-electron chi connectivity index (χ0n) is 50.4. The van der Waals surface area contributed by atoms with Gasteiger partial charge in [0.05, 0.1) is 39.9 Å². The van der Waals surface area contributed by atoms with Gasteiger partial charge in [-0.15, -0.1) is 0 Å². The summed E-state index contributed by atoms with van der Waals surface area (Å²) in [6, 6.07) is -0.895. The number of aliphatic hydroxyl groups excluding tert-OH is 1. The topological polar surface area (TPSA) is 108 Å². The Morgan fingerprint density at radius 3 is 1.16 bits per heavy atom. The molecule has 0 bridgehead atoms. The molecule has 0 spiro atoms. The van der Waals surface area contributed by atoms with Gasteiger partial charge in [0.2, 0.25) is 5.91 Å². The summed E-state index contributed by atoms with van der Waals surface area (Å²) in [5.41, 5.74) is 0. The number of unbranched alkanes of at least 4 members (excludes halogenated alkanes) is 25. The normalized spacial score (nSPS) is 14.6. The fourth-order valence-corrected chi connectivity index (χ4v) is 9.28. The van der Waals surface area contributed by atoms with E-state index >= 15 is 0 Å².